The summed E-state index contributed by atoms with van der Waals surface area (Å²) in [6.45, 7) is 0.822. The summed E-state index contributed by atoms with van der Waals surface area (Å²) in [5, 5.41) is 26.2. The van der Waals surface area contributed by atoms with Gasteiger partial charge in [-0.05, 0) is 39.1 Å². The number of carboxylic acid groups (broad SMARTS) is 2. The van der Waals surface area contributed by atoms with E-state index in [-0.39, 0.29) is 11.7 Å². The van der Waals surface area contributed by atoms with Crippen molar-refractivity contribution in [3.63, 3.8) is 0 Å². The third-order valence-electron chi connectivity index (χ3n) is 4.49. The molecule has 3 N–H and O–H groups in total. The average Bonchev–Trinajstić information content (AvgIpc) is 2.54. The van der Waals surface area contributed by atoms with Crippen LogP contribution in [0.1, 0.15) is 31.2 Å². The molecule has 0 radical (unpaired) electrons. The zero-order valence-corrected chi connectivity index (χ0v) is 15.7. The highest BCUT2D eigenvalue weighted by Gasteiger charge is 2.39. The van der Waals surface area contributed by atoms with E-state index in [0.717, 1.165) is 32.2 Å². The molecule has 0 heterocycles. The van der Waals surface area contributed by atoms with Crippen LogP contribution in [0.3, 0.4) is 0 Å². The summed E-state index contributed by atoms with van der Waals surface area (Å²) in [6, 6.07) is 4.70. The fraction of sp³-hybridized carbons (Fsp3) is 0.556. The Labute approximate surface area is 157 Å². The van der Waals surface area contributed by atoms with Gasteiger partial charge in [-0.3, -0.25) is 0 Å². The van der Waals surface area contributed by atoms with Gasteiger partial charge < -0.3 is 20.2 Å². The van der Waals surface area contributed by atoms with Crippen LogP contribution in [0.25, 0.3) is 0 Å². The van der Waals surface area contributed by atoms with Crippen molar-refractivity contribution in [1.29, 1.82) is 0 Å². The van der Waals surface area contributed by atoms with Crippen LogP contribution in [-0.2, 0) is 16.0 Å². The number of carbonyl (C=O) groups is 2. The first-order chi connectivity index (χ1) is 12.1. The highest BCUT2D eigenvalue weighted by molar-refractivity contribution is 6.31. The van der Waals surface area contributed by atoms with Crippen molar-refractivity contribution < 1.29 is 29.3 Å². The molecule has 2 rings (SSSR count). The van der Waals surface area contributed by atoms with Crippen LogP contribution in [0.15, 0.2) is 18.2 Å². The monoisotopic (exact) mass is 389 g/mol. The minimum absolute atomic E-state index is 0.168. The lowest BCUT2D eigenvalue weighted by Gasteiger charge is -2.41. The van der Waals surface area contributed by atoms with E-state index in [9.17, 15) is 9.50 Å². The Kier molecular flexibility index (Phi) is 8.46. The Hall–Kier alpha value is -1.70. The number of aliphatic hydroxyl groups is 1. The number of nitrogens with zero attached hydrogens (tertiary/aromatic N) is 1. The van der Waals surface area contributed by atoms with Crippen molar-refractivity contribution in [3.05, 3.63) is 34.6 Å². The lowest BCUT2D eigenvalue weighted by Crippen LogP contribution is -2.47. The first-order valence-electron chi connectivity index (χ1n) is 8.33. The van der Waals surface area contributed by atoms with Gasteiger partial charge in [0.15, 0.2) is 0 Å². The van der Waals surface area contributed by atoms with Gasteiger partial charge in [-0.25, -0.2) is 14.0 Å². The van der Waals surface area contributed by atoms with Crippen molar-refractivity contribution >= 4 is 23.5 Å². The fourth-order valence-corrected chi connectivity index (χ4v) is 3.47. The maximum atomic E-state index is 14.0. The van der Waals surface area contributed by atoms with E-state index in [4.69, 9.17) is 31.4 Å². The van der Waals surface area contributed by atoms with Gasteiger partial charge in [-0.1, -0.05) is 30.5 Å². The molecule has 0 aromatic heterocycles. The summed E-state index contributed by atoms with van der Waals surface area (Å²) in [5.41, 5.74) is -0.406. The fourth-order valence-electron chi connectivity index (χ4n) is 3.24. The highest BCUT2D eigenvalue weighted by Crippen LogP contribution is 2.38. The molecular weight excluding hydrogens is 365 g/mol. The quantitative estimate of drug-likeness (QED) is 0.685. The Morgan fingerprint density at radius 1 is 1.27 bits per heavy atom. The predicted octanol–water partition coefficient (Wildman–Crippen LogP) is 2.66. The first-order valence-corrected chi connectivity index (χ1v) is 8.71. The summed E-state index contributed by atoms with van der Waals surface area (Å²) >= 11 is 6.10. The summed E-state index contributed by atoms with van der Waals surface area (Å²) < 4.78 is 14.0. The second kappa shape index (κ2) is 9.85. The summed E-state index contributed by atoms with van der Waals surface area (Å²) in [7, 11) is 4.01. The number of carboxylic acids is 2. The van der Waals surface area contributed by atoms with E-state index in [0.29, 0.717) is 17.0 Å². The van der Waals surface area contributed by atoms with Crippen LogP contribution in [0.4, 0.5) is 4.39 Å². The van der Waals surface area contributed by atoms with Crippen LogP contribution in [0.5, 0.6) is 0 Å². The highest BCUT2D eigenvalue weighted by atomic mass is 35.5. The molecule has 0 saturated heterocycles. The average molecular weight is 390 g/mol. The summed E-state index contributed by atoms with van der Waals surface area (Å²) in [5.74, 6) is -3.80. The molecule has 1 aromatic carbocycles. The minimum Gasteiger partial charge on any atom is -0.473 e. The van der Waals surface area contributed by atoms with Crippen LogP contribution in [-0.4, -0.2) is 58.4 Å². The molecular formula is C18H25ClFNO5. The number of rotatable bonds is 4. The van der Waals surface area contributed by atoms with Crippen LogP contribution in [0.2, 0.25) is 5.02 Å². The Balaban J connectivity index is 0.000000487. The van der Waals surface area contributed by atoms with Crippen LogP contribution >= 0.6 is 11.6 Å². The number of hydrogen-bond donors (Lipinski definition) is 3. The Morgan fingerprint density at radius 2 is 1.88 bits per heavy atom. The molecule has 2 unspecified atom stereocenters. The number of benzene rings is 1. The third kappa shape index (κ3) is 6.55. The second-order valence-electron chi connectivity index (χ2n) is 6.80. The van der Waals surface area contributed by atoms with Gasteiger partial charge in [0, 0.05) is 29.5 Å². The van der Waals surface area contributed by atoms with E-state index >= 15 is 0 Å². The second-order valence-corrected chi connectivity index (χ2v) is 7.20. The van der Waals surface area contributed by atoms with Gasteiger partial charge >= 0.3 is 11.9 Å². The van der Waals surface area contributed by atoms with E-state index in [1.54, 1.807) is 12.1 Å². The standard InChI is InChI=1S/C16H23ClFNO.C2H2O4/c1-19(2)11-12-6-3-4-9-16(12,20)10-13-14(17)7-5-8-15(13)18;3-1(4)2(5)6/h5,7-8,12,20H,3-4,6,9-11H2,1-2H3;(H,3,4)(H,5,6). The Bertz CT molecular complexity index is 608. The largest absolute Gasteiger partial charge is 0.473 e. The zero-order valence-electron chi connectivity index (χ0n) is 14.9. The van der Waals surface area contributed by atoms with Gasteiger partial charge in [0.2, 0.25) is 0 Å². The molecule has 2 atom stereocenters. The topological polar surface area (TPSA) is 98.1 Å². The van der Waals surface area contributed by atoms with Gasteiger partial charge in [-0.15, -0.1) is 0 Å². The molecule has 1 saturated carbocycles. The molecule has 146 valence electrons. The van der Waals surface area contributed by atoms with Crippen LogP contribution < -0.4 is 0 Å². The van der Waals surface area contributed by atoms with E-state index in [2.05, 4.69) is 4.90 Å². The van der Waals surface area contributed by atoms with E-state index in [1.807, 2.05) is 14.1 Å². The first kappa shape index (κ1) is 22.3. The van der Waals surface area contributed by atoms with Gasteiger partial charge in [0.05, 0.1) is 5.60 Å². The predicted molar refractivity (Wildman–Crippen MR) is 95.8 cm³/mol. The number of halogens is 2. The molecule has 8 heteroatoms. The van der Waals surface area contributed by atoms with Crippen molar-refractivity contribution in [2.24, 2.45) is 5.92 Å². The molecule has 0 spiro atoms. The molecule has 26 heavy (non-hydrogen) atoms. The molecule has 1 aliphatic rings. The van der Waals surface area contributed by atoms with Crippen molar-refractivity contribution in [2.75, 3.05) is 20.6 Å². The molecule has 0 bridgehead atoms. The van der Waals surface area contributed by atoms with Gasteiger partial charge in [0.25, 0.3) is 0 Å². The Morgan fingerprint density at radius 3 is 2.38 bits per heavy atom. The normalized spacial score (nSPS) is 22.5. The van der Waals surface area contributed by atoms with E-state index in [1.165, 1.54) is 6.07 Å². The molecule has 0 amide bonds. The van der Waals surface area contributed by atoms with Crippen molar-refractivity contribution in [3.8, 4) is 0 Å². The van der Waals surface area contributed by atoms with Gasteiger partial charge in [-0.2, -0.15) is 0 Å². The lowest BCUT2D eigenvalue weighted by molar-refractivity contribution is -0.159. The molecule has 0 aliphatic heterocycles. The summed E-state index contributed by atoms with van der Waals surface area (Å²) in [4.78, 5) is 20.3. The van der Waals surface area contributed by atoms with E-state index < -0.39 is 17.5 Å². The van der Waals surface area contributed by atoms with Crippen LogP contribution in [0, 0.1) is 11.7 Å². The third-order valence-corrected chi connectivity index (χ3v) is 4.84. The molecule has 1 aromatic rings. The zero-order chi connectivity index (χ0) is 19.9. The maximum Gasteiger partial charge on any atom is 0.414 e. The number of aliphatic carboxylic acids is 2. The van der Waals surface area contributed by atoms with Crippen molar-refractivity contribution in [2.45, 2.75) is 37.7 Å². The maximum absolute atomic E-state index is 14.0. The SMILES string of the molecule is CN(C)CC1CCCCC1(O)Cc1c(F)cccc1Cl.O=C(O)C(=O)O. The molecule has 6 nitrogen and oxygen atoms in total. The smallest absolute Gasteiger partial charge is 0.414 e. The van der Waals surface area contributed by atoms with Crippen molar-refractivity contribution in [1.82, 2.24) is 4.90 Å². The lowest BCUT2D eigenvalue weighted by atomic mass is 9.72. The molecule has 1 aliphatic carbocycles. The number of hydrogen-bond acceptors (Lipinski definition) is 4. The summed E-state index contributed by atoms with van der Waals surface area (Å²) in [6.07, 6.45) is 4.13. The molecule has 1 fully saturated rings. The minimum atomic E-state index is -1.82. The van der Waals surface area contributed by atoms with Gasteiger partial charge in [0.1, 0.15) is 5.82 Å².